The Hall–Kier alpha value is -3.48. The Morgan fingerprint density at radius 1 is 1.41 bits per heavy atom. The van der Waals surface area contributed by atoms with Gasteiger partial charge < -0.3 is 19.9 Å². The van der Waals surface area contributed by atoms with Gasteiger partial charge in [0.05, 0.1) is 12.6 Å². The van der Waals surface area contributed by atoms with Crippen molar-refractivity contribution in [1.29, 1.82) is 0 Å². The molecular weight excluding hydrogens is 463 g/mol. The Morgan fingerprint density at radius 3 is 2.97 bits per heavy atom. The van der Waals surface area contributed by atoms with Gasteiger partial charge in [0.2, 0.25) is 5.95 Å². The van der Waals surface area contributed by atoms with Crippen molar-refractivity contribution in [2.24, 2.45) is 0 Å². The highest BCUT2D eigenvalue weighted by molar-refractivity contribution is 7.15. The van der Waals surface area contributed by atoms with Crippen LogP contribution in [-0.2, 0) is 4.74 Å². The lowest BCUT2D eigenvalue weighted by Gasteiger charge is -2.39. The third-order valence-electron chi connectivity index (χ3n) is 5.15. The van der Waals surface area contributed by atoms with Crippen molar-refractivity contribution in [2.75, 3.05) is 48.8 Å². The number of halogens is 1. The molecule has 1 saturated heterocycles. The van der Waals surface area contributed by atoms with E-state index in [1.807, 2.05) is 6.92 Å². The van der Waals surface area contributed by atoms with Gasteiger partial charge in [-0.15, -0.1) is 11.3 Å². The predicted molar refractivity (Wildman–Crippen MR) is 129 cm³/mol. The number of hydrogen-bond acceptors (Lipinski definition) is 9. The summed E-state index contributed by atoms with van der Waals surface area (Å²) in [6.45, 7) is 6.90. The van der Waals surface area contributed by atoms with Crippen molar-refractivity contribution in [2.45, 2.75) is 32.0 Å². The molecule has 2 aromatic heterocycles. The summed E-state index contributed by atoms with van der Waals surface area (Å²) in [6, 6.07) is 0.398. The zero-order valence-electron chi connectivity index (χ0n) is 19.2. The van der Waals surface area contributed by atoms with Crippen molar-refractivity contribution >= 4 is 40.4 Å². The molecule has 34 heavy (non-hydrogen) atoms. The summed E-state index contributed by atoms with van der Waals surface area (Å²) < 4.78 is 19.9. The zero-order valence-corrected chi connectivity index (χ0v) is 20.0. The number of carbonyl (C=O) groups is 2. The van der Waals surface area contributed by atoms with Gasteiger partial charge in [-0.05, 0) is 32.0 Å². The van der Waals surface area contributed by atoms with Gasteiger partial charge in [0.25, 0.3) is 0 Å². The number of hydrogen-bond donors (Lipinski definition) is 3. The van der Waals surface area contributed by atoms with Crippen LogP contribution in [0.4, 0.5) is 30.9 Å². The van der Waals surface area contributed by atoms with Crippen LogP contribution >= 0.6 is 11.3 Å². The molecule has 11 nitrogen and oxygen atoms in total. The van der Waals surface area contributed by atoms with E-state index in [0.717, 1.165) is 4.88 Å². The van der Waals surface area contributed by atoms with Crippen LogP contribution in [0, 0.1) is 6.92 Å². The highest BCUT2D eigenvalue weighted by Gasteiger charge is 2.35. The topological polar surface area (TPSA) is 125 Å². The largest absolute Gasteiger partial charge is 0.449 e. The van der Waals surface area contributed by atoms with E-state index in [9.17, 15) is 14.0 Å². The summed E-state index contributed by atoms with van der Waals surface area (Å²) in [7, 11) is 1.55. The molecule has 0 aromatic carbocycles. The van der Waals surface area contributed by atoms with Crippen LogP contribution in [0.25, 0.3) is 0 Å². The smallest absolute Gasteiger partial charge is 0.412 e. The normalized spacial score (nSPS) is 17.6. The SMILES string of the molecule is C=CNCCCOC(=O)Nc1ccnc(N2CCC(F)C(N(C)C(=O)Nc3ncc(C)s3)C2)n1. The van der Waals surface area contributed by atoms with Gasteiger partial charge in [-0.2, -0.15) is 4.98 Å². The molecule has 0 spiro atoms. The lowest BCUT2D eigenvalue weighted by molar-refractivity contribution is 0.133. The fraction of sp³-hybridized carbons (Fsp3) is 0.476. The Morgan fingerprint density at radius 2 is 2.24 bits per heavy atom. The van der Waals surface area contributed by atoms with Crippen LogP contribution in [0.15, 0.2) is 31.2 Å². The number of aryl methyl sites for hydroxylation is 1. The quantitative estimate of drug-likeness (QED) is 0.457. The molecule has 0 aliphatic carbocycles. The van der Waals surface area contributed by atoms with Crippen molar-refractivity contribution in [3.05, 3.63) is 36.1 Å². The van der Waals surface area contributed by atoms with Crippen molar-refractivity contribution in [1.82, 2.24) is 25.2 Å². The van der Waals surface area contributed by atoms with E-state index >= 15 is 0 Å². The average molecular weight is 493 g/mol. The second-order valence-electron chi connectivity index (χ2n) is 7.65. The second-order valence-corrected chi connectivity index (χ2v) is 8.88. The lowest BCUT2D eigenvalue weighted by Crippen LogP contribution is -2.55. The standard InChI is InChI=1S/C21H29FN8O3S/c1-4-23-8-5-11-33-21(32)27-17-6-9-24-18(26-17)30-10-7-15(22)16(13-30)29(3)20(31)28-19-25-12-14(2)34-19/h4,6,9,12,15-16,23H,1,5,7-8,10-11,13H2,2-3H3,(H,25,28,31)(H,24,26,27,32). The first kappa shape index (κ1) is 25.1. The number of nitrogens with zero attached hydrogens (tertiary/aromatic N) is 5. The van der Waals surface area contributed by atoms with Crippen LogP contribution in [0.5, 0.6) is 0 Å². The zero-order chi connectivity index (χ0) is 24.5. The second kappa shape index (κ2) is 12.1. The molecule has 3 N–H and O–H groups in total. The molecule has 184 valence electrons. The summed E-state index contributed by atoms with van der Waals surface area (Å²) in [4.78, 5) is 41.4. The number of rotatable bonds is 9. The van der Waals surface area contributed by atoms with E-state index in [-0.39, 0.29) is 25.4 Å². The highest BCUT2D eigenvalue weighted by Crippen LogP contribution is 2.24. The number of carbonyl (C=O) groups excluding carboxylic acids is 2. The number of aromatic nitrogens is 3. The molecule has 2 aromatic rings. The minimum atomic E-state index is -1.20. The molecular formula is C21H29FN8O3S. The number of anilines is 3. The Balaban J connectivity index is 1.57. The molecule has 1 fully saturated rings. The van der Waals surface area contributed by atoms with Crippen molar-refractivity contribution < 1.29 is 18.7 Å². The molecule has 3 heterocycles. The molecule has 0 saturated carbocycles. The number of alkyl halides is 1. The monoisotopic (exact) mass is 492 g/mol. The maximum absolute atomic E-state index is 14.8. The van der Waals surface area contributed by atoms with E-state index in [1.54, 1.807) is 30.4 Å². The average Bonchev–Trinajstić information content (AvgIpc) is 3.23. The van der Waals surface area contributed by atoms with Gasteiger partial charge in [0, 0.05) is 44.0 Å². The Labute approximate surface area is 201 Å². The van der Waals surface area contributed by atoms with E-state index < -0.39 is 24.3 Å². The lowest BCUT2D eigenvalue weighted by atomic mass is 10.0. The number of amides is 3. The van der Waals surface area contributed by atoms with Crippen LogP contribution in [0.2, 0.25) is 0 Å². The summed E-state index contributed by atoms with van der Waals surface area (Å²) >= 11 is 1.35. The van der Waals surface area contributed by atoms with Gasteiger partial charge in [-0.1, -0.05) is 6.58 Å². The van der Waals surface area contributed by atoms with Crippen LogP contribution in [0.1, 0.15) is 17.7 Å². The maximum atomic E-state index is 14.8. The van der Waals surface area contributed by atoms with Gasteiger partial charge in [0.15, 0.2) is 5.13 Å². The fourth-order valence-electron chi connectivity index (χ4n) is 3.34. The third-order valence-corrected chi connectivity index (χ3v) is 5.98. The van der Waals surface area contributed by atoms with E-state index in [0.29, 0.717) is 30.6 Å². The minimum Gasteiger partial charge on any atom is -0.449 e. The van der Waals surface area contributed by atoms with Gasteiger partial charge >= 0.3 is 12.1 Å². The molecule has 2 atom stereocenters. The highest BCUT2D eigenvalue weighted by atomic mass is 32.1. The molecule has 0 bridgehead atoms. The molecule has 1 aliphatic rings. The van der Waals surface area contributed by atoms with E-state index in [2.05, 4.69) is 37.5 Å². The van der Waals surface area contributed by atoms with Crippen LogP contribution in [-0.4, -0.2) is 77.5 Å². The van der Waals surface area contributed by atoms with Gasteiger partial charge in [-0.25, -0.2) is 23.9 Å². The molecule has 1 aliphatic heterocycles. The Bertz CT molecular complexity index is 990. The van der Waals surface area contributed by atoms with Gasteiger partial charge in [-0.3, -0.25) is 10.6 Å². The third kappa shape index (κ3) is 7.01. The number of ether oxygens (including phenoxy) is 1. The first-order chi connectivity index (χ1) is 16.4. The van der Waals surface area contributed by atoms with Gasteiger partial charge in [0.1, 0.15) is 12.0 Å². The molecule has 3 rings (SSSR count). The summed E-state index contributed by atoms with van der Waals surface area (Å²) in [5.74, 6) is 0.595. The van der Waals surface area contributed by atoms with Crippen LogP contribution < -0.4 is 20.9 Å². The minimum absolute atomic E-state index is 0.201. The number of likely N-dealkylation sites (N-methyl/N-ethyl adjacent to an activating group) is 1. The number of thiazole rings is 1. The summed E-state index contributed by atoms with van der Waals surface area (Å²) in [5, 5.41) is 8.65. The fourth-order valence-corrected chi connectivity index (χ4v) is 4.00. The number of piperidine rings is 1. The first-order valence-electron chi connectivity index (χ1n) is 10.8. The van der Waals surface area contributed by atoms with E-state index in [1.165, 1.54) is 22.4 Å². The summed E-state index contributed by atoms with van der Waals surface area (Å²) in [5.41, 5.74) is 0. The molecule has 13 heteroatoms. The van der Waals surface area contributed by atoms with E-state index in [4.69, 9.17) is 4.74 Å². The molecule has 3 amide bonds. The first-order valence-corrected chi connectivity index (χ1v) is 11.7. The predicted octanol–water partition coefficient (Wildman–Crippen LogP) is 2.99. The number of nitrogens with one attached hydrogen (secondary N) is 3. The number of urea groups is 1. The van der Waals surface area contributed by atoms with Crippen LogP contribution in [0.3, 0.4) is 0 Å². The maximum Gasteiger partial charge on any atom is 0.412 e. The summed E-state index contributed by atoms with van der Waals surface area (Å²) in [6.07, 6.45) is 3.76. The van der Waals surface area contributed by atoms with Crippen molar-refractivity contribution in [3.8, 4) is 0 Å². The molecule has 0 radical (unpaired) electrons. The molecule has 2 unspecified atom stereocenters. The Kier molecular flexibility index (Phi) is 8.96. The van der Waals surface area contributed by atoms with Crippen molar-refractivity contribution in [3.63, 3.8) is 0 Å².